The van der Waals surface area contributed by atoms with Crippen molar-refractivity contribution in [3.8, 4) is 0 Å². The first-order valence-electron chi connectivity index (χ1n) is 5.92. The van der Waals surface area contributed by atoms with Crippen LogP contribution in [0.2, 0.25) is 0 Å². The van der Waals surface area contributed by atoms with Crippen molar-refractivity contribution in [2.24, 2.45) is 11.1 Å². The summed E-state index contributed by atoms with van der Waals surface area (Å²) in [5.41, 5.74) is 5.70. The lowest BCUT2D eigenvalue weighted by atomic mass is 9.88. The predicted molar refractivity (Wildman–Crippen MR) is 80.5 cm³/mol. The third-order valence-corrected chi connectivity index (χ3v) is 4.43. The lowest BCUT2D eigenvalue weighted by molar-refractivity contribution is 0.303. The van der Waals surface area contributed by atoms with E-state index < -0.39 is 0 Å². The normalized spacial score (nSPS) is 12.0. The van der Waals surface area contributed by atoms with Gasteiger partial charge in [0.2, 0.25) is 0 Å². The van der Waals surface area contributed by atoms with E-state index in [-0.39, 0.29) is 5.41 Å². The molecule has 1 aromatic heterocycles. The average Bonchev–Trinajstić information content (AvgIpc) is 2.69. The zero-order valence-electron chi connectivity index (χ0n) is 10.9. The van der Waals surface area contributed by atoms with Crippen LogP contribution in [0.25, 0.3) is 0 Å². The van der Waals surface area contributed by atoms with Gasteiger partial charge in [-0.15, -0.1) is 11.3 Å². The molecule has 17 heavy (non-hydrogen) atoms. The molecule has 0 aliphatic carbocycles. The summed E-state index contributed by atoms with van der Waals surface area (Å²) in [5.74, 6) is 0. The molecule has 0 bridgehead atoms. The fourth-order valence-electron chi connectivity index (χ4n) is 1.66. The van der Waals surface area contributed by atoms with E-state index >= 15 is 0 Å². The van der Waals surface area contributed by atoms with Gasteiger partial charge in [-0.1, -0.05) is 32.1 Å². The monoisotopic (exact) mass is 270 g/mol. The Morgan fingerprint density at radius 3 is 2.76 bits per heavy atom. The third-order valence-electron chi connectivity index (χ3n) is 3.01. The number of hydrogen-bond donors (Lipinski definition) is 1. The molecule has 0 aliphatic heterocycles. The van der Waals surface area contributed by atoms with Crippen LogP contribution in [0.1, 0.15) is 31.6 Å². The average molecular weight is 270 g/mol. The minimum Gasteiger partial charge on any atom is -0.393 e. The molecule has 0 saturated carbocycles. The molecule has 1 heterocycles. The molecule has 4 heteroatoms. The largest absolute Gasteiger partial charge is 0.393 e. The van der Waals surface area contributed by atoms with Crippen LogP contribution in [-0.4, -0.2) is 23.5 Å². The molecular formula is C13H22N2S2. The molecule has 0 unspecified atom stereocenters. The Morgan fingerprint density at radius 1 is 1.53 bits per heavy atom. The van der Waals surface area contributed by atoms with Crippen molar-refractivity contribution < 1.29 is 0 Å². The van der Waals surface area contributed by atoms with Crippen molar-refractivity contribution >= 4 is 28.5 Å². The number of nitrogens with two attached hydrogens (primary N) is 1. The van der Waals surface area contributed by atoms with E-state index in [0.717, 1.165) is 25.9 Å². The molecule has 1 aromatic rings. The standard InChI is InChI=1S/C13H22N2S2/c1-13(2,12(14)16)7-5-8-15(3)10-11-6-4-9-17-11/h4,6,9H,5,7-8,10H2,1-3H3,(H2,14,16). The minimum absolute atomic E-state index is 0.0148. The van der Waals surface area contributed by atoms with Gasteiger partial charge in [-0.05, 0) is 37.9 Å². The third kappa shape index (κ3) is 5.15. The zero-order chi connectivity index (χ0) is 12.9. The molecule has 96 valence electrons. The molecule has 0 saturated heterocycles. The summed E-state index contributed by atoms with van der Waals surface area (Å²) in [5, 5.41) is 2.12. The summed E-state index contributed by atoms with van der Waals surface area (Å²) >= 11 is 6.88. The second-order valence-electron chi connectivity index (χ2n) is 5.17. The molecule has 0 aliphatic rings. The van der Waals surface area contributed by atoms with Gasteiger partial charge >= 0.3 is 0 Å². The van der Waals surface area contributed by atoms with Crippen molar-refractivity contribution in [1.82, 2.24) is 4.90 Å². The lowest BCUT2D eigenvalue weighted by Crippen LogP contribution is -2.30. The molecule has 0 radical (unpaired) electrons. The topological polar surface area (TPSA) is 29.3 Å². The van der Waals surface area contributed by atoms with Crippen molar-refractivity contribution in [1.29, 1.82) is 0 Å². The molecule has 0 spiro atoms. The van der Waals surface area contributed by atoms with Crippen LogP contribution in [0.5, 0.6) is 0 Å². The van der Waals surface area contributed by atoms with Gasteiger partial charge in [0, 0.05) is 16.8 Å². The van der Waals surface area contributed by atoms with Crippen LogP contribution in [-0.2, 0) is 6.54 Å². The minimum atomic E-state index is -0.0148. The second-order valence-corrected chi connectivity index (χ2v) is 6.64. The quantitative estimate of drug-likeness (QED) is 0.771. The van der Waals surface area contributed by atoms with Crippen molar-refractivity contribution in [2.75, 3.05) is 13.6 Å². The number of rotatable bonds is 7. The summed E-state index contributed by atoms with van der Waals surface area (Å²) in [6.07, 6.45) is 2.18. The number of hydrogen-bond acceptors (Lipinski definition) is 3. The number of nitrogens with zero attached hydrogens (tertiary/aromatic N) is 1. The maximum Gasteiger partial charge on any atom is 0.0784 e. The van der Waals surface area contributed by atoms with Gasteiger partial charge in [-0.3, -0.25) is 0 Å². The summed E-state index contributed by atoms with van der Waals surface area (Å²) < 4.78 is 0. The first-order chi connectivity index (χ1) is 7.92. The summed E-state index contributed by atoms with van der Waals surface area (Å²) in [7, 11) is 2.16. The first kappa shape index (κ1) is 14.6. The van der Waals surface area contributed by atoms with Crippen LogP contribution in [0, 0.1) is 5.41 Å². The number of thiophene rings is 1. The van der Waals surface area contributed by atoms with Gasteiger partial charge in [0.25, 0.3) is 0 Å². The fraction of sp³-hybridized carbons (Fsp3) is 0.615. The van der Waals surface area contributed by atoms with Crippen LogP contribution in [0.3, 0.4) is 0 Å². The van der Waals surface area contributed by atoms with Gasteiger partial charge in [-0.25, -0.2) is 0 Å². The van der Waals surface area contributed by atoms with E-state index in [1.807, 2.05) is 11.3 Å². The Hall–Kier alpha value is -0.450. The van der Waals surface area contributed by atoms with Gasteiger partial charge in [0.1, 0.15) is 0 Å². The highest BCUT2D eigenvalue weighted by molar-refractivity contribution is 7.80. The molecule has 2 N–H and O–H groups in total. The molecular weight excluding hydrogens is 248 g/mol. The maximum atomic E-state index is 5.72. The van der Waals surface area contributed by atoms with Gasteiger partial charge in [0.05, 0.1) is 4.99 Å². The van der Waals surface area contributed by atoms with E-state index in [9.17, 15) is 0 Å². The Labute approximate surface area is 114 Å². The molecule has 2 nitrogen and oxygen atoms in total. The Bertz CT molecular complexity index is 344. The fourth-order valence-corrected chi connectivity index (χ4v) is 2.55. The van der Waals surface area contributed by atoms with E-state index in [0.29, 0.717) is 4.99 Å². The van der Waals surface area contributed by atoms with Crippen molar-refractivity contribution in [3.05, 3.63) is 22.4 Å². The highest BCUT2D eigenvalue weighted by atomic mass is 32.1. The molecule has 1 rings (SSSR count). The maximum absolute atomic E-state index is 5.72. The van der Waals surface area contributed by atoms with E-state index in [1.54, 1.807) is 0 Å². The second kappa shape index (κ2) is 6.47. The molecule has 0 aromatic carbocycles. The van der Waals surface area contributed by atoms with Gasteiger partial charge in [-0.2, -0.15) is 0 Å². The number of thiocarbonyl (C=S) groups is 1. The smallest absolute Gasteiger partial charge is 0.0784 e. The van der Waals surface area contributed by atoms with Crippen LogP contribution in [0.15, 0.2) is 17.5 Å². The van der Waals surface area contributed by atoms with Crippen molar-refractivity contribution in [3.63, 3.8) is 0 Å². The van der Waals surface area contributed by atoms with E-state index in [2.05, 4.69) is 43.3 Å². The molecule has 0 amide bonds. The van der Waals surface area contributed by atoms with Crippen LogP contribution < -0.4 is 5.73 Å². The summed E-state index contributed by atoms with van der Waals surface area (Å²) in [6, 6.07) is 4.28. The van der Waals surface area contributed by atoms with Gasteiger partial charge < -0.3 is 10.6 Å². The SMILES string of the molecule is CN(CCCC(C)(C)C(N)=S)Cc1cccs1. The Balaban J connectivity index is 2.25. The Kier molecular flexibility index (Phi) is 5.56. The van der Waals surface area contributed by atoms with E-state index in [1.165, 1.54) is 4.88 Å². The first-order valence-corrected chi connectivity index (χ1v) is 7.21. The highest BCUT2D eigenvalue weighted by Gasteiger charge is 2.20. The summed E-state index contributed by atoms with van der Waals surface area (Å²) in [6.45, 7) is 6.36. The molecule has 0 fully saturated rings. The van der Waals surface area contributed by atoms with Gasteiger partial charge in [0.15, 0.2) is 0 Å². The van der Waals surface area contributed by atoms with Crippen LogP contribution in [0.4, 0.5) is 0 Å². The molecule has 0 atom stereocenters. The predicted octanol–water partition coefficient (Wildman–Crippen LogP) is 3.27. The highest BCUT2D eigenvalue weighted by Crippen LogP contribution is 2.22. The van der Waals surface area contributed by atoms with E-state index in [4.69, 9.17) is 18.0 Å². The van der Waals surface area contributed by atoms with Crippen molar-refractivity contribution in [2.45, 2.75) is 33.2 Å². The van der Waals surface area contributed by atoms with Crippen LogP contribution >= 0.6 is 23.6 Å². The summed E-state index contributed by atoms with van der Waals surface area (Å²) in [4.78, 5) is 4.39. The Morgan fingerprint density at radius 2 is 2.24 bits per heavy atom. The zero-order valence-corrected chi connectivity index (χ0v) is 12.5. The lowest BCUT2D eigenvalue weighted by Gasteiger charge is -2.24.